The van der Waals surface area contributed by atoms with E-state index in [4.69, 9.17) is 14.6 Å². The number of amides is 1. The highest BCUT2D eigenvalue weighted by molar-refractivity contribution is 5.88. The van der Waals surface area contributed by atoms with E-state index in [-0.39, 0.29) is 6.61 Å². The fraction of sp³-hybridized carbons (Fsp3) is 0.395. The molecule has 4 rings (SSSR count). The first-order valence-corrected chi connectivity index (χ1v) is 16.3. The Hall–Kier alpha value is -4.27. The van der Waals surface area contributed by atoms with E-state index in [9.17, 15) is 19.5 Å². The van der Waals surface area contributed by atoms with Gasteiger partial charge in [-0.25, -0.2) is 9.59 Å². The normalized spacial score (nSPS) is 12.6. The van der Waals surface area contributed by atoms with Gasteiger partial charge in [-0.2, -0.15) is 0 Å². The number of carboxylic acid groups (broad SMARTS) is 2. The second-order valence-corrected chi connectivity index (χ2v) is 11.7. The summed E-state index contributed by atoms with van der Waals surface area (Å²) in [4.78, 5) is 35.9. The molecule has 0 aliphatic rings. The van der Waals surface area contributed by atoms with Crippen LogP contribution in [0.4, 0.5) is 0 Å². The van der Waals surface area contributed by atoms with Gasteiger partial charge in [0.2, 0.25) is 0 Å². The van der Waals surface area contributed by atoms with E-state index in [1.807, 2.05) is 24.3 Å². The fourth-order valence-corrected chi connectivity index (χ4v) is 5.65. The number of aliphatic carboxylic acids is 2. The Bertz CT molecular complexity index is 1570. The zero-order valence-corrected chi connectivity index (χ0v) is 26.4. The molecule has 0 saturated heterocycles. The maximum absolute atomic E-state index is 13.0. The fourth-order valence-electron chi connectivity index (χ4n) is 5.65. The smallest absolute Gasteiger partial charge is 0.336 e. The predicted octanol–water partition coefficient (Wildman–Crippen LogP) is 6.95. The van der Waals surface area contributed by atoms with Gasteiger partial charge in [0.05, 0.1) is 0 Å². The quantitative estimate of drug-likeness (QED) is 0.0854. The van der Waals surface area contributed by atoms with Crippen LogP contribution in [0.1, 0.15) is 62.5 Å². The molecule has 8 nitrogen and oxygen atoms in total. The molecule has 2 atom stereocenters. The van der Waals surface area contributed by atoms with E-state index in [1.54, 1.807) is 0 Å². The van der Waals surface area contributed by atoms with Gasteiger partial charge in [0.15, 0.2) is 12.2 Å². The van der Waals surface area contributed by atoms with Gasteiger partial charge in [0.25, 0.3) is 5.91 Å². The Morgan fingerprint density at radius 1 is 0.587 bits per heavy atom. The Labute approximate surface area is 270 Å². The first-order chi connectivity index (χ1) is 22.4. The molecule has 4 aromatic rings. The number of aryl methyl sites for hydroxylation is 2. The van der Waals surface area contributed by atoms with E-state index >= 15 is 0 Å². The molecule has 2 unspecified atom stereocenters. The third-order valence-electron chi connectivity index (χ3n) is 8.14. The van der Waals surface area contributed by atoms with Gasteiger partial charge in [0.1, 0.15) is 6.61 Å². The molecule has 4 aromatic carbocycles. The summed E-state index contributed by atoms with van der Waals surface area (Å²) in [6, 6.07) is 29.7. The van der Waals surface area contributed by atoms with Crippen LogP contribution in [0, 0.1) is 0 Å². The number of rotatable bonds is 21. The van der Waals surface area contributed by atoms with Crippen LogP contribution in [0.25, 0.3) is 21.5 Å². The van der Waals surface area contributed by atoms with Crippen LogP contribution >= 0.6 is 0 Å². The molecule has 1 amide bonds. The van der Waals surface area contributed by atoms with Crippen LogP contribution in [0.3, 0.4) is 0 Å². The summed E-state index contributed by atoms with van der Waals surface area (Å²) in [7, 11) is 0. The number of hydrogen-bond donors (Lipinski definition) is 3. The van der Waals surface area contributed by atoms with E-state index in [0.717, 1.165) is 57.8 Å². The SMILES string of the molecule is O=C(O)COC(C(=O)O)C(OCCCCCCc1ccc2ccccc2c1)C(=O)NCCCCCCc1ccc2ccccc2c1. The van der Waals surface area contributed by atoms with Gasteiger partial charge >= 0.3 is 11.9 Å². The van der Waals surface area contributed by atoms with Crippen molar-refractivity contribution < 1.29 is 34.1 Å². The molecule has 0 heterocycles. The summed E-state index contributed by atoms with van der Waals surface area (Å²) in [6.45, 7) is -0.298. The van der Waals surface area contributed by atoms with Crippen LogP contribution < -0.4 is 5.32 Å². The highest BCUT2D eigenvalue weighted by Gasteiger charge is 2.36. The van der Waals surface area contributed by atoms with Crippen molar-refractivity contribution in [2.75, 3.05) is 19.8 Å². The van der Waals surface area contributed by atoms with Gasteiger partial charge in [-0.15, -0.1) is 0 Å². The Morgan fingerprint density at radius 3 is 1.65 bits per heavy atom. The zero-order valence-electron chi connectivity index (χ0n) is 26.4. The van der Waals surface area contributed by atoms with Crippen LogP contribution in [-0.2, 0) is 36.7 Å². The Balaban J connectivity index is 1.16. The molecule has 0 spiro atoms. The van der Waals surface area contributed by atoms with Crippen molar-refractivity contribution >= 4 is 39.4 Å². The van der Waals surface area contributed by atoms with E-state index in [1.165, 1.54) is 32.7 Å². The Morgan fingerprint density at radius 2 is 1.11 bits per heavy atom. The van der Waals surface area contributed by atoms with Gasteiger partial charge in [-0.05, 0) is 71.2 Å². The number of hydrogen-bond acceptors (Lipinski definition) is 5. The molecule has 46 heavy (non-hydrogen) atoms. The molecule has 0 bridgehead atoms. The summed E-state index contributed by atoms with van der Waals surface area (Å²) in [5.41, 5.74) is 2.59. The van der Waals surface area contributed by atoms with Gasteiger partial charge < -0.3 is 25.0 Å². The number of ether oxygens (including phenoxy) is 2. The first-order valence-electron chi connectivity index (χ1n) is 16.3. The minimum Gasteiger partial charge on any atom is -0.480 e. The second-order valence-electron chi connectivity index (χ2n) is 11.7. The monoisotopic (exact) mass is 627 g/mol. The lowest BCUT2D eigenvalue weighted by Gasteiger charge is -2.23. The number of carbonyl (C=O) groups excluding carboxylic acids is 1. The van der Waals surface area contributed by atoms with Crippen LogP contribution in [0.2, 0.25) is 0 Å². The van der Waals surface area contributed by atoms with Crippen molar-refractivity contribution in [1.82, 2.24) is 5.32 Å². The first kappa shape index (κ1) is 34.6. The largest absolute Gasteiger partial charge is 0.480 e. The maximum Gasteiger partial charge on any atom is 0.336 e. The second kappa shape index (κ2) is 18.6. The van der Waals surface area contributed by atoms with Crippen LogP contribution in [-0.4, -0.2) is 60.0 Å². The van der Waals surface area contributed by atoms with Gasteiger partial charge in [0, 0.05) is 13.2 Å². The number of carboxylic acids is 2. The van der Waals surface area contributed by atoms with Crippen LogP contribution in [0.5, 0.6) is 0 Å². The van der Waals surface area contributed by atoms with Crippen LogP contribution in [0.15, 0.2) is 84.9 Å². The summed E-state index contributed by atoms with van der Waals surface area (Å²) < 4.78 is 10.8. The molecular formula is C38H45NO7. The van der Waals surface area contributed by atoms with Crippen molar-refractivity contribution in [3.63, 3.8) is 0 Å². The van der Waals surface area contributed by atoms with Crippen molar-refractivity contribution in [2.45, 2.75) is 76.4 Å². The van der Waals surface area contributed by atoms with Crippen molar-refractivity contribution in [2.24, 2.45) is 0 Å². The van der Waals surface area contributed by atoms with Crippen molar-refractivity contribution in [3.8, 4) is 0 Å². The summed E-state index contributed by atoms with van der Waals surface area (Å²) >= 11 is 0. The summed E-state index contributed by atoms with van der Waals surface area (Å²) in [5.74, 6) is -3.36. The molecule has 8 heteroatoms. The number of benzene rings is 4. The minimum absolute atomic E-state index is 0.170. The van der Waals surface area contributed by atoms with Gasteiger partial charge in [-0.1, -0.05) is 111 Å². The zero-order chi connectivity index (χ0) is 32.6. The molecule has 0 radical (unpaired) electrons. The van der Waals surface area contributed by atoms with Gasteiger partial charge in [-0.3, -0.25) is 4.79 Å². The lowest BCUT2D eigenvalue weighted by molar-refractivity contribution is -0.172. The van der Waals surface area contributed by atoms with E-state index in [0.29, 0.717) is 13.0 Å². The molecular weight excluding hydrogens is 582 g/mol. The molecule has 244 valence electrons. The number of unbranched alkanes of at least 4 members (excludes halogenated alkanes) is 6. The molecule has 0 fully saturated rings. The molecule has 0 aliphatic heterocycles. The highest BCUT2D eigenvalue weighted by Crippen LogP contribution is 2.19. The number of nitrogens with one attached hydrogen (secondary N) is 1. The third-order valence-corrected chi connectivity index (χ3v) is 8.14. The van der Waals surface area contributed by atoms with Crippen molar-refractivity contribution in [3.05, 3.63) is 96.1 Å². The lowest BCUT2D eigenvalue weighted by Crippen LogP contribution is -2.49. The summed E-state index contributed by atoms with van der Waals surface area (Å²) in [6.07, 6.45) is 5.94. The van der Waals surface area contributed by atoms with E-state index < -0.39 is 36.7 Å². The molecule has 0 aliphatic carbocycles. The Kier molecular flexibility index (Phi) is 14.0. The number of fused-ring (bicyclic) bond motifs is 2. The standard InChI is InChI=1S/C38H45NO7/c40-34(41)27-46-36(38(43)44)35(45-24-12-4-2-6-14-29-20-22-31-16-8-10-18-33(31)26-29)37(42)39-23-11-3-1-5-13-28-19-21-30-15-7-9-17-32(30)25-28/h7-10,15-22,25-26,35-36H,1-6,11-14,23-24,27H2,(H,39,42)(H,40,41)(H,43,44). The predicted molar refractivity (Wildman–Crippen MR) is 180 cm³/mol. The molecule has 0 saturated carbocycles. The molecule has 0 aromatic heterocycles. The third kappa shape index (κ3) is 11.3. The van der Waals surface area contributed by atoms with E-state index in [2.05, 4.69) is 66.0 Å². The average molecular weight is 628 g/mol. The molecule has 3 N–H and O–H groups in total. The van der Waals surface area contributed by atoms with Crippen molar-refractivity contribution in [1.29, 1.82) is 0 Å². The summed E-state index contributed by atoms with van der Waals surface area (Å²) in [5, 5.41) is 26.4. The number of carbonyl (C=O) groups is 3. The average Bonchev–Trinajstić information content (AvgIpc) is 3.06. The topological polar surface area (TPSA) is 122 Å². The lowest BCUT2D eigenvalue weighted by atomic mass is 10.0. The minimum atomic E-state index is -1.72. The highest BCUT2D eigenvalue weighted by atomic mass is 16.6. The maximum atomic E-state index is 13.0.